The molecule has 0 bridgehead atoms. The molecule has 0 aliphatic carbocycles. The van der Waals surface area contributed by atoms with Crippen molar-refractivity contribution >= 4 is 0 Å². The summed E-state index contributed by atoms with van der Waals surface area (Å²) in [5.41, 5.74) is 1.35. The van der Waals surface area contributed by atoms with E-state index in [2.05, 4.69) is 48.3 Å². The summed E-state index contributed by atoms with van der Waals surface area (Å²) >= 11 is 0. The quantitative estimate of drug-likeness (QED) is 0.744. The molecule has 1 N–H and O–H groups in total. The Morgan fingerprint density at radius 2 is 1.95 bits per heavy atom. The average Bonchev–Trinajstić information content (AvgIpc) is 2.55. The van der Waals surface area contributed by atoms with Gasteiger partial charge in [-0.1, -0.05) is 32.0 Å². The monoisotopic (exact) mass is 290 g/mol. The van der Waals surface area contributed by atoms with Crippen molar-refractivity contribution in [1.82, 2.24) is 10.2 Å². The van der Waals surface area contributed by atoms with Crippen molar-refractivity contribution in [3.05, 3.63) is 29.8 Å². The summed E-state index contributed by atoms with van der Waals surface area (Å²) in [5, 5.41) is 3.39. The molecule has 1 saturated heterocycles. The number of unbranched alkanes of at least 4 members (excludes halogenated alkanes) is 1. The van der Waals surface area contributed by atoms with Gasteiger partial charge in [0.05, 0.1) is 6.61 Å². The molecule has 0 radical (unpaired) electrons. The van der Waals surface area contributed by atoms with E-state index in [9.17, 15) is 0 Å². The van der Waals surface area contributed by atoms with Gasteiger partial charge >= 0.3 is 0 Å². The highest BCUT2D eigenvalue weighted by Crippen LogP contribution is 2.28. The number of hydrogen-bond acceptors (Lipinski definition) is 3. The smallest absolute Gasteiger partial charge is 0.122 e. The molecule has 2 rings (SSSR count). The van der Waals surface area contributed by atoms with E-state index in [-0.39, 0.29) is 0 Å². The standard InChI is InChI=1S/C18H30N2O/c1-3-16(2)17-8-4-5-9-18(17)21-15-7-6-12-20-13-10-19-11-14-20/h4-5,8-9,16,19H,3,6-7,10-15H2,1-2H3/t16-/m1/s1. The molecular formula is C18H30N2O. The highest BCUT2D eigenvalue weighted by atomic mass is 16.5. The summed E-state index contributed by atoms with van der Waals surface area (Å²) in [6, 6.07) is 8.49. The maximum atomic E-state index is 6.02. The van der Waals surface area contributed by atoms with Gasteiger partial charge < -0.3 is 15.0 Å². The topological polar surface area (TPSA) is 24.5 Å². The molecule has 3 nitrogen and oxygen atoms in total. The SMILES string of the molecule is CC[C@@H](C)c1ccccc1OCCCCN1CCNCC1. The molecule has 1 heterocycles. The van der Waals surface area contributed by atoms with Gasteiger partial charge in [0.1, 0.15) is 5.75 Å². The number of nitrogens with one attached hydrogen (secondary N) is 1. The van der Waals surface area contributed by atoms with Crippen LogP contribution in [0.4, 0.5) is 0 Å². The molecule has 118 valence electrons. The van der Waals surface area contributed by atoms with Crippen LogP contribution in [-0.2, 0) is 0 Å². The number of piperazine rings is 1. The molecule has 0 amide bonds. The fraction of sp³-hybridized carbons (Fsp3) is 0.667. The van der Waals surface area contributed by atoms with Gasteiger partial charge in [0.2, 0.25) is 0 Å². The first-order valence-electron chi connectivity index (χ1n) is 8.46. The minimum Gasteiger partial charge on any atom is -0.493 e. The van der Waals surface area contributed by atoms with Crippen molar-refractivity contribution in [2.45, 2.75) is 39.0 Å². The van der Waals surface area contributed by atoms with Crippen molar-refractivity contribution in [3.8, 4) is 5.75 Å². The van der Waals surface area contributed by atoms with Crippen LogP contribution in [0.15, 0.2) is 24.3 Å². The lowest BCUT2D eigenvalue weighted by Gasteiger charge is -2.27. The number of hydrogen-bond donors (Lipinski definition) is 1. The lowest BCUT2D eigenvalue weighted by Crippen LogP contribution is -2.43. The fourth-order valence-corrected chi connectivity index (χ4v) is 2.79. The van der Waals surface area contributed by atoms with E-state index in [0.29, 0.717) is 5.92 Å². The molecule has 1 aromatic rings. The zero-order valence-electron chi connectivity index (χ0n) is 13.6. The Bertz CT molecular complexity index is 402. The summed E-state index contributed by atoms with van der Waals surface area (Å²) in [5.74, 6) is 1.65. The molecule has 0 spiro atoms. The van der Waals surface area contributed by atoms with Gasteiger partial charge in [-0.15, -0.1) is 0 Å². The molecule has 0 aromatic heterocycles. The van der Waals surface area contributed by atoms with Crippen molar-refractivity contribution in [2.75, 3.05) is 39.3 Å². The third kappa shape index (κ3) is 5.33. The maximum absolute atomic E-state index is 6.02. The first-order chi connectivity index (χ1) is 10.3. The first-order valence-corrected chi connectivity index (χ1v) is 8.46. The Kier molecular flexibility index (Phi) is 7.04. The van der Waals surface area contributed by atoms with Gasteiger partial charge in [0.15, 0.2) is 0 Å². The second-order valence-electron chi connectivity index (χ2n) is 5.99. The van der Waals surface area contributed by atoms with Crippen LogP contribution in [0, 0.1) is 0 Å². The Balaban J connectivity index is 1.68. The molecule has 3 heteroatoms. The van der Waals surface area contributed by atoms with Crippen LogP contribution < -0.4 is 10.1 Å². The number of nitrogens with zero attached hydrogens (tertiary/aromatic N) is 1. The molecule has 1 aromatic carbocycles. The molecule has 21 heavy (non-hydrogen) atoms. The third-order valence-electron chi connectivity index (χ3n) is 4.40. The maximum Gasteiger partial charge on any atom is 0.122 e. The minimum atomic E-state index is 0.571. The van der Waals surface area contributed by atoms with Crippen molar-refractivity contribution in [1.29, 1.82) is 0 Å². The molecule has 1 aliphatic heterocycles. The number of rotatable bonds is 8. The normalized spacial score (nSPS) is 17.6. The van der Waals surface area contributed by atoms with Crippen LogP contribution in [0.1, 0.15) is 44.6 Å². The van der Waals surface area contributed by atoms with Crippen LogP contribution >= 0.6 is 0 Å². The largest absolute Gasteiger partial charge is 0.493 e. The molecule has 1 atom stereocenters. The predicted molar refractivity (Wildman–Crippen MR) is 89.2 cm³/mol. The van der Waals surface area contributed by atoms with Crippen LogP contribution in [0.25, 0.3) is 0 Å². The van der Waals surface area contributed by atoms with E-state index < -0.39 is 0 Å². The highest BCUT2D eigenvalue weighted by Gasteiger charge is 2.10. The van der Waals surface area contributed by atoms with E-state index >= 15 is 0 Å². The second kappa shape index (κ2) is 9.06. The van der Waals surface area contributed by atoms with Crippen LogP contribution in [0.2, 0.25) is 0 Å². The summed E-state index contributed by atoms with van der Waals surface area (Å²) in [6.45, 7) is 11.2. The first kappa shape index (κ1) is 16.3. The van der Waals surface area contributed by atoms with Crippen molar-refractivity contribution < 1.29 is 4.74 Å². The van der Waals surface area contributed by atoms with Crippen LogP contribution in [0.3, 0.4) is 0 Å². The summed E-state index contributed by atoms with van der Waals surface area (Å²) in [7, 11) is 0. The average molecular weight is 290 g/mol. The van der Waals surface area contributed by atoms with E-state index in [1.165, 1.54) is 31.6 Å². The predicted octanol–water partition coefficient (Wildman–Crippen LogP) is 3.26. The van der Waals surface area contributed by atoms with Gasteiger partial charge in [0, 0.05) is 26.2 Å². The summed E-state index contributed by atoms with van der Waals surface area (Å²) in [6.07, 6.45) is 3.52. The fourth-order valence-electron chi connectivity index (χ4n) is 2.79. The molecular weight excluding hydrogens is 260 g/mol. The van der Waals surface area contributed by atoms with Crippen molar-refractivity contribution in [2.24, 2.45) is 0 Å². The Labute approximate surface area is 129 Å². The molecule has 0 saturated carbocycles. The molecule has 1 aliphatic rings. The van der Waals surface area contributed by atoms with Gasteiger partial charge in [-0.3, -0.25) is 0 Å². The highest BCUT2D eigenvalue weighted by molar-refractivity contribution is 5.35. The van der Waals surface area contributed by atoms with E-state index in [0.717, 1.165) is 38.3 Å². The third-order valence-corrected chi connectivity index (χ3v) is 4.40. The van der Waals surface area contributed by atoms with Crippen molar-refractivity contribution in [3.63, 3.8) is 0 Å². The van der Waals surface area contributed by atoms with E-state index in [1.54, 1.807) is 0 Å². The van der Waals surface area contributed by atoms with Gasteiger partial charge in [0.25, 0.3) is 0 Å². The Morgan fingerprint density at radius 1 is 1.19 bits per heavy atom. The number of ether oxygens (including phenoxy) is 1. The Hall–Kier alpha value is -1.06. The van der Waals surface area contributed by atoms with Gasteiger partial charge in [-0.05, 0) is 43.4 Å². The van der Waals surface area contributed by atoms with Gasteiger partial charge in [-0.25, -0.2) is 0 Å². The lowest BCUT2D eigenvalue weighted by molar-refractivity contribution is 0.225. The zero-order chi connectivity index (χ0) is 14.9. The minimum absolute atomic E-state index is 0.571. The molecule has 0 unspecified atom stereocenters. The Morgan fingerprint density at radius 3 is 2.71 bits per heavy atom. The lowest BCUT2D eigenvalue weighted by atomic mass is 9.98. The second-order valence-corrected chi connectivity index (χ2v) is 5.99. The van der Waals surface area contributed by atoms with E-state index in [4.69, 9.17) is 4.74 Å². The number of para-hydroxylation sites is 1. The zero-order valence-corrected chi connectivity index (χ0v) is 13.6. The van der Waals surface area contributed by atoms with Crippen LogP contribution in [0.5, 0.6) is 5.75 Å². The number of benzene rings is 1. The summed E-state index contributed by atoms with van der Waals surface area (Å²) in [4.78, 5) is 2.55. The molecule has 1 fully saturated rings. The summed E-state index contributed by atoms with van der Waals surface area (Å²) < 4.78 is 6.02. The van der Waals surface area contributed by atoms with E-state index in [1.807, 2.05) is 0 Å². The van der Waals surface area contributed by atoms with Crippen LogP contribution in [-0.4, -0.2) is 44.2 Å². The van der Waals surface area contributed by atoms with Gasteiger partial charge in [-0.2, -0.15) is 0 Å².